The van der Waals surface area contributed by atoms with Gasteiger partial charge in [-0.15, -0.1) is 0 Å². The maximum atomic E-state index is 5.60. The number of nitrogens with two attached hydrogens (primary N) is 1. The van der Waals surface area contributed by atoms with Crippen LogP contribution in [0.5, 0.6) is 0 Å². The molecule has 0 aliphatic heterocycles. The highest BCUT2D eigenvalue weighted by molar-refractivity contribution is 7.71. The zero-order valence-electron chi connectivity index (χ0n) is 7.60. The second kappa shape index (κ2) is 3.60. The minimum Gasteiger partial charge on any atom is -0.350 e. The van der Waals surface area contributed by atoms with E-state index in [2.05, 4.69) is 11.1 Å². The fraction of sp³-hybridized carbons (Fsp3) is 0.500. The molecule has 1 aromatic heterocycles. The maximum Gasteiger partial charge on any atom is 0.107 e. The number of hydrogen-bond acceptors (Lipinski definition) is 2. The van der Waals surface area contributed by atoms with E-state index in [1.807, 2.05) is 0 Å². The molecule has 1 aromatic rings. The molecule has 0 fully saturated rings. The summed E-state index contributed by atoms with van der Waals surface area (Å²) in [6.45, 7) is 0.544. The molecular weight excluding hydrogens is 180 g/mol. The van der Waals surface area contributed by atoms with Gasteiger partial charge in [0.15, 0.2) is 0 Å². The SMILES string of the molecule is NCc1cc2c([nH]c1=S)CCCC2. The first-order valence-electron chi connectivity index (χ1n) is 4.75. The van der Waals surface area contributed by atoms with Gasteiger partial charge >= 0.3 is 0 Å². The summed E-state index contributed by atoms with van der Waals surface area (Å²) >= 11 is 5.20. The summed E-state index contributed by atoms with van der Waals surface area (Å²) in [5, 5.41) is 0. The third-order valence-electron chi connectivity index (χ3n) is 2.63. The van der Waals surface area contributed by atoms with Crippen molar-refractivity contribution in [1.29, 1.82) is 0 Å². The normalized spacial score (nSPS) is 15.5. The van der Waals surface area contributed by atoms with Crippen molar-refractivity contribution in [2.75, 3.05) is 0 Å². The maximum absolute atomic E-state index is 5.60. The summed E-state index contributed by atoms with van der Waals surface area (Å²) in [5.74, 6) is 0. The van der Waals surface area contributed by atoms with Gasteiger partial charge in [0.2, 0.25) is 0 Å². The lowest BCUT2D eigenvalue weighted by molar-refractivity contribution is 0.664. The average Bonchev–Trinajstić information content (AvgIpc) is 2.17. The average molecular weight is 194 g/mol. The Morgan fingerprint density at radius 3 is 2.92 bits per heavy atom. The minimum atomic E-state index is 0.544. The number of aromatic amines is 1. The van der Waals surface area contributed by atoms with Crippen LogP contribution in [0.3, 0.4) is 0 Å². The van der Waals surface area contributed by atoms with E-state index in [1.54, 1.807) is 0 Å². The lowest BCUT2D eigenvalue weighted by atomic mass is 9.95. The summed E-state index contributed by atoms with van der Waals surface area (Å²) < 4.78 is 0.822. The molecule has 0 amide bonds. The van der Waals surface area contributed by atoms with E-state index in [1.165, 1.54) is 30.5 Å². The van der Waals surface area contributed by atoms with Gasteiger partial charge < -0.3 is 10.7 Å². The highest BCUT2D eigenvalue weighted by atomic mass is 32.1. The van der Waals surface area contributed by atoms with Crippen LogP contribution in [0.25, 0.3) is 0 Å². The van der Waals surface area contributed by atoms with E-state index < -0.39 is 0 Å². The lowest BCUT2D eigenvalue weighted by Crippen LogP contribution is -2.08. The third kappa shape index (κ3) is 1.67. The predicted molar refractivity (Wildman–Crippen MR) is 56.2 cm³/mol. The highest BCUT2D eigenvalue weighted by Gasteiger charge is 2.10. The summed E-state index contributed by atoms with van der Waals surface area (Å²) in [6.07, 6.45) is 4.89. The Kier molecular flexibility index (Phi) is 2.47. The lowest BCUT2D eigenvalue weighted by Gasteiger charge is -2.16. The monoisotopic (exact) mass is 194 g/mol. The number of nitrogens with one attached hydrogen (secondary N) is 1. The van der Waals surface area contributed by atoms with Gasteiger partial charge in [0, 0.05) is 17.8 Å². The van der Waals surface area contributed by atoms with E-state index in [-0.39, 0.29) is 0 Å². The topological polar surface area (TPSA) is 41.8 Å². The molecule has 0 spiro atoms. The molecule has 70 valence electrons. The molecule has 0 atom stereocenters. The van der Waals surface area contributed by atoms with Crippen LogP contribution in [0.15, 0.2) is 6.07 Å². The standard InChI is InChI=1S/C10H14N2S/c11-6-8-5-7-3-1-2-4-9(7)12-10(8)13/h5H,1-4,6,11H2,(H,12,13). The quantitative estimate of drug-likeness (QED) is 0.672. The number of fused-ring (bicyclic) bond motifs is 1. The molecule has 0 aromatic carbocycles. The van der Waals surface area contributed by atoms with E-state index in [9.17, 15) is 0 Å². The number of aryl methyl sites for hydroxylation is 2. The molecule has 1 aliphatic rings. The van der Waals surface area contributed by atoms with Crippen LogP contribution in [-0.2, 0) is 19.4 Å². The van der Waals surface area contributed by atoms with Crippen LogP contribution in [-0.4, -0.2) is 4.98 Å². The number of pyridine rings is 1. The second-order valence-corrected chi connectivity index (χ2v) is 3.95. The van der Waals surface area contributed by atoms with Crippen molar-refractivity contribution < 1.29 is 0 Å². The Hall–Kier alpha value is -0.670. The molecule has 1 heterocycles. The molecule has 0 radical (unpaired) electrons. The largest absolute Gasteiger partial charge is 0.350 e. The summed E-state index contributed by atoms with van der Waals surface area (Å²) in [7, 11) is 0. The first-order valence-corrected chi connectivity index (χ1v) is 5.16. The van der Waals surface area contributed by atoms with Gasteiger partial charge in [-0.05, 0) is 37.3 Å². The van der Waals surface area contributed by atoms with E-state index >= 15 is 0 Å². The Balaban J connectivity index is 2.51. The minimum absolute atomic E-state index is 0.544. The van der Waals surface area contributed by atoms with Crippen LogP contribution in [0.2, 0.25) is 0 Å². The zero-order chi connectivity index (χ0) is 9.26. The predicted octanol–water partition coefficient (Wildman–Crippen LogP) is 2.08. The molecule has 13 heavy (non-hydrogen) atoms. The fourth-order valence-electron chi connectivity index (χ4n) is 1.88. The first kappa shape index (κ1) is 8.91. The zero-order valence-corrected chi connectivity index (χ0v) is 8.41. The van der Waals surface area contributed by atoms with Gasteiger partial charge in [0.25, 0.3) is 0 Å². The van der Waals surface area contributed by atoms with Gasteiger partial charge in [-0.3, -0.25) is 0 Å². The molecule has 3 heteroatoms. The Labute approximate surface area is 83.2 Å². The van der Waals surface area contributed by atoms with Crippen molar-refractivity contribution in [3.63, 3.8) is 0 Å². The van der Waals surface area contributed by atoms with Crippen LogP contribution >= 0.6 is 12.2 Å². The second-order valence-electron chi connectivity index (χ2n) is 3.54. The smallest absolute Gasteiger partial charge is 0.107 e. The Morgan fingerprint density at radius 2 is 2.15 bits per heavy atom. The van der Waals surface area contributed by atoms with Crippen LogP contribution in [0.1, 0.15) is 29.7 Å². The molecular formula is C10H14N2S. The Bertz CT molecular complexity index is 368. The van der Waals surface area contributed by atoms with Crippen molar-refractivity contribution in [1.82, 2.24) is 4.98 Å². The summed E-state index contributed by atoms with van der Waals surface area (Å²) in [6, 6.07) is 2.17. The molecule has 3 N–H and O–H groups in total. The van der Waals surface area contributed by atoms with Crippen LogP contribution in [0, 0.1) is 4.64 Å². The van der Waals surface area contributed by atoms with E-state index in [4.69, 9.17) is 18.0 Å². The Morgan fingerprint density at radius 1 is 1.38 bits per heavy atom. The van der Waals surface area contributed by atoms with Gasteiger partial charge in [0.1, 0.15) is 4.64 Å². The number of hydrogen-bond donors (Lipinski definition) is 2. The third-order valence-corrected chi connectivity index (χ3v) is 3.00. The molecule has 0 bridgehead atoms. The molecule has 0 saturated heterocycles. The summed E-state index contributed by atoms with van der Waals surface area (Å²) in [5.41, 5.74) is 9.42. The number of rotatable bonds is 1. The van der Waals surface area contributed by atoms with Gasteiger partial charge in [-0.2, -0.15) is 0 Å². The molecule has 2 rings (SSSR count). The van der Waals surface area contributed by atoms with Crippen molar-refractivity contribution in [3.05, 3.63) is 27.5 Å². The van der Waals surface area contributed by atoms with Gasteiger partial charge in [-0.25, -0.2) is 0 Å². The molecule has 0 saturated carbocycles. The van der Waals surface area contributed by atoms with E-state index in [0.29, 0.717) is 6.54 Å². The van der Waals surface area contributed by atoms with Gasteiger partial charge in [-0.1, -0.05) is 12.2 Å². The molecule has 1 aliphatic carbocycles. The number of H-pyrrole nitrogens is 1. The van der Waals surface area contributed by atoms with Crippen LogP contribution in [0.4, 0.5) is 0 Å². The molecule has 0 unspecified atom stereocenters. The molecule has 2 nitrogen and oxygen atoms in total. The number of aromatic nitrogens is 1. The van der Waals surface area contributed by atoms with Crippen molar-refractivity contribution in [2.45, 2.75) is 32.2 Å². The van der Waals surface area contributed by atoms with Crippen molar-refractivity contribution in [3.8, 4) is 0 Å². The summed E-state index contributed by atoms with van der Waals surface area (Å²) in [4.78, 5) is 3.28. The van der Waals surface area contributed by atoms with Crippen molar-refractivity contribution >= 4 is 12.2 Å². The first-order chi connectivity index (χ1) is 6.31. The van der Waals surface area contributed by atoms with Gasteiger partial charge in [0.05, 0.1) is 0 Å². The fourth-order valence-corrected chi connectivity index (χ4v) is 2.14. The van der Waals surface area contributed by atoms with Crippen molar-refractivity contribution in [2.24, 2.45) is 5.73 Å². The van der Waals surface area contributed by atoms with Crippen LogP contribution < -0.4 is 5.73 Å². The van der Waals surface area contributed by atoms with E-state index in [0.717, 1.165) is 16.6 Å². The highest BCUT2D eigenvalue weighted by Crippen LogP contribution is 2.20.